The third-order valence-electron chi connectivity index (χ3n) is 5.84. The van der Waals surface area contributed by atoms with Crippen LogP contribution < -0.4 is 5.32 Å². The van der Waals surface area contributed by atoms with Gasteiger partial charge in [-0.05, 0) is 60.9 Å². The van der Waals surface area contributed by atoms with E-state index < -0.39 is 0 Å². The number of carbonyl (C=O) groups is 1. The van der Waals surface area contributed by atoms with Gasteiger partial charge >= 0.3 is 0 Å². The van der Waals surface area contributed by atoms with Crippen LogP contribution in [0.25, 0.3) is 27.8 Å². The molecule has 3 aromatic heterocycles. The zero-order chi connectivity index (χ0) is 22.8. The van der Waals surface area contributed by atoms with E-state index in [1.807, 2.05) is 85.4 Å². The van der Waals surface area contributed by atoms with Crippen molar-refractivity contribution in [2.45, 2.75) is 26.4 Å². The molecule has 3 heterocycles. The first-order valence-electron chi connectivity index (χ1n) is 11.0. The molecule has 164 valence electrons. The highest BCUT2D eigenvalue weighted by molar-refractivity contribution is 5.95. The molecule has 2 aromatic carbocycles. The van der Waals surface area contributed by atoms with Gasteiger partial charge in [-0.15, -0.1) is 0 Å². The summed E-state index contributed by atoms with van der Waals surface area (Å²) in [5.74, 6) is -0.106. The van der Waals surface area contributed by atoms with E-state index in [1.165, 1.54) is 0 Å². The smallest absolute Gasteiger partial charge is 0.242 e. The first-order chi connectivity index (χ1) is 16.1. The number of nitrogens with zero attached hydrogens (tertiary/aromatic N) is 4. The Morgan fingerprint density at radius 3 is 2.58 bits per heavy atom. The standard InChI is InChI=1S/C27H25N5O/c1-19(22-11-8-12-23(17-22)31-15-6-7-16-31)29-25(33)18-32-27-26(20(2)30-32)24(13-14-28-27)21-9-4-3-5-10-21/h3-17,19H,18H2,1-2H3,(H,29,33). The van der Waals surface area contributed by atoms with E-state index in [0.717, 1.165) is 33.5 Å². The molecule has 0 saturated carbocycles. The number of amides is 1. The third-order valence-corrected chi connectivity index (χ3v) is 5.84. The molecule has 6 nitrogen and oxygen atoms in total. The molecule has 0 bridgehead atoms. The first-order valence-corrected chi connectivity index (χ1v) is 11.0. The van der Waals surface area contributed by atoms with Crippen LogP contribution in [0.5, 0.6) is 0 Å². The van der Waals surface area contributed by atoms with E-state index in [1.54, 1.807) is 10.9 Å². The van der Waals surface area contributed by atoms with Crippen molar-refractivity contribution in [1.82, 2.24) is 24.6 Å². The Morgan fingerprint density at radius 2 is 1.79 bits per heavy atom. The molecule has 0 aliphatic rings. The molecule has 0 aliphatic carbocycles. The van der Waals surface area contributed by atoms with Crippen LogP contribution in [-0.2, 0) is 11.3 Å². The summed E-state index contributed by atoms with van der Waals surface area (Å²) in [6, 6.07) is 24.2. The van der Waals surface area contributed by atoms with Gasteiger partial charge in [0.25, 0.3) is 0 Å². The Morgan fingerprint density at radius 1 is 1.00 bits per heavy atom. The molecular weight excluding hydrogens is 410 g/mol. The summed E-state index contributed by atoms with van der Waals surface area (Å²) in [5, 5.41) is 8.71. The molecule has 5 aromatic rings. The highest BCUT2D eigenvalue weighted by atomic mass is 16.2. The highest BCUT2D eigenvalue weighted by Gasteiger charge is 2.17. The molecule has 6 heteroatoms. The molecule has 0 aliphatic heterocycles. The monoisotopic (exact) mass is 435 g/mol. The zero-order valence-corrected chi connectivity index (χ0v) is 18.6. The van der Waals surface area contributed by atoms with Crippen molar-refractivity contribution in [2.24, 2.45) is 0 Å². The van der Waals surface area contributed by atoms with Gasteiger partial charge < -0.3 is 9.88 Å². The van der Waals surface area contributed by atoms with Crippen LogP contribution in [0.1, 0.15) is 24.2 Å². The maximum absolute atomic E-state index is 12.9. The van der Waals surface area contributed by atoms with Crippen LogP contribution in [0.2, 0.25) is 0 Å². The zero-order valence-electron chi connectivity index (χ0n) is 18.6. The quantitative estimate of drug-likeness (QED) is 0.405. The molecule has 1 atom stereocenters. The minimum absolute atomic E-state index is 0.106. The van der Waals surface area contributed by atoms with E-state index in [9.17, 15) is 4.79 Å². The number of hydrogen-bond donors (Lipinski definition) is 1. The number of nitrogens with one attached hydrogen (secondary N) is 1. The predicted molar refractivity (Wildman–Crippen MR) is 130 cm³/mol. The Kier molecular flexibility index (Phi) is 5.48. The number of aromatic nitrogens is 4. The summed E-state index contributed by atoms with van der Waals surface area (Å²) in [7, 11) is 0. The SMILES string of the molecule is Cc1nn(CC(=O)NC(C)c2cccc(-n3cccc3)c2)c2nccc(-c3ccccc3)c12. The van der Waals surface area contributed by atoms with Crippen molar-refractivity contribution < 1.29 is 4.79 Å². The summed E-state index contributed by atoms with van der Waals surface area (Å²) in [6.07, 6.45) is 5.78. The predicted octanol–water partition coefficient (Wildman–Crippen LogP) is 5.07. The normalized spacial score (nSPS) is 12.1. The number of aryl methyl sites for hydroxylation is 1. The maximum atomic E-state index is 12.9. The number of rotatable bonds is 6. The van der Waals surface area contributed by atoms with Crippen molar-refractivity contribution in [3.05, 3.63) is 103 Å². The second-order valence-corrected chi connectivity index (χ2v) is 8.14. The molecule has 0 radical (unpaired) electrons. The van der Waals surface area contributed by atoms with Crippen molar-refractivity contribution in [3.8, 4) is 16.8 Å². The molecule has 1 amide bonds. The number of carbonyl (C=O) groups excluding carboxylic acids is 1. The van der Waals surface area contributed by atoms with Gasteiger partial charge in [-0.3, -0.25) is 4.79 Å². The fourth-order valence-electron chi connectivity index (χ4n) is 4.22. The van der Waals surface area contributed by atoms with Crippen molar-refractivity contribution >= 4 is 16.9 Å². The van der Waals surface area contributed by atoms with Crippen LogP contribution >= 0.6 is 0 Å². The Labute approximate surface area is 192 Å². The van der Waals surface area contributed by atoms with E-state index >= 15 is 0 Å². The lowest BCUT2D eigenvalue weighted by Gasteiger charge is -2.16. The second kappa shape index (κ2) is 8.74. The Balaban J connectivity index is 1.36. The Hall–Kier alpha value is -4.19. The summed E-state index contributed by atoms with van der Waals surface area (Å²) in [4.78, 5) is 17.4. The first kappa shape index (κ1) is 20.7. The van der Waals surface area contributed by atoms with Gasteiger partial charge in [-0.1, -0.05) is 42.5 Å². The molecule has 1 unspecified atom stereocenters. The van der Waals surface area contributed by atoms with Crippen LogP contribution in [0.3, 0.4) is 0 Å². The fourth-order valence-corrected chi connectivity index (χ4v) is 4.22. The molecule has 0 saturated heterocycles. The van der Waals surface area contributed by atoms with Gasteiger partial charge in [0.2, 0.25) is 5.91 Å². The summed E-state index contributed by atoms with van der Waals surface area (Å²) < 4.78 is 3.74. The van der Waals surface area contributed by atoms with Gasteiger partial charge in [-0.25, -0.2) is 9.67 Å². The van der Waals surface area contributed by atoms with Crippen LogP contribution in [-0.4, -0.2) is 25.2 Å². The number of pyridine rings is 1. The van der Waals surface area contributed by atoms with Crippen molar-refractivity contribution in [2.75, 3.05) is 0 Å². The van der Waals surface area contributed by atoms with Crippen molar-refractivity contribution in [1.29, 1.82) is 0 Å². The van der Waals surface area contributed by atoms with E-state index in [2.05, 4.69) is 33.6 Å². The Bertz CT molecular complexity index is 1400. The van der Waals surface area contributed by atoms with Gasteiger partial charge in [0, 0.05) is 29.7 Å². The molecular formula is C27H25N5O. The average Bonchev–Trinajstić information content (AvgIpc) is 3.48. The van der Waals surface area contributed by atoms with Crippen LogP contribution in [0.15, 0.2) is 91.4 Å². The lowest BCUT2D eigenvalue weighted by atomic mass is 10.0. The number of hydrogen-bond acceptors (Lipinski definition) is 3. The fraction of sp³-hybridized carbons (Fsp3) is 0.148. The minimum atomic E-state index is -0.135. The number of benzene rings is 2. The van der Waals surface area contributed by atoms with Gasteiger partial charge in [-0.2, -0.15) is 5.10 Å². The van der Waals surface area contributed by atoms with Crippen molar-refractivity contribution in [3.63, 3.8) is 0 Å². The van der Waals surface area contributed by atoms with Gasteiger partial charge in [0.15, 0.2) is 5.65 Å². The lowest BCUT2D eigenvalue weighted by Crippen LogP contribution is -2.30. The molecule has 1 N–H and O–H groups in total. The third kappa shape index (κ3) is 4.15. The van der Waals surface area contributed by atoms with E-state index in [0.29, 0.717) is 5.65 Å². The average molecular weight is 436 g/mol. The van der Waals surface area contributed by atoms with Gasteiger partial charge in [0.1, 0.15) is 6.54 Å². The lowest BCUT2D eigenvalue weighted by molar-refractivity contribution is -0.122. The van der Waals surface area contributed by atoms with E-state index in [-0.39, 0.29) is 18.5 Å². The van der Waals surface area contributed by atoms with Gasteiger partial charge in [0.05, 0.1) is 11.7 Å². The molecule has 5 rings (SSSR count). The molecule has 0 fully saturated rings. The maximum Gasteiger partial charge on any atom is 0.242 e. The topological polar surface area (TPSA) is 64.7 Å². The second-order valence-electron chi connectivity index (χ2n) is 8.14. The van der Waals surface area contributed by atoms with Crippen LogP contribution in [0.4, 0.5) is 0 Å². The number of fused-ring (bicyclic) bond motifs is 1. The summed E-state index contributed by atoms with van der Waals surface area (Å²) >= 11 is 0. The summed E-state index contributed by atoms with van der Waals surface area (Å²) in [5.41, 5.74) is 5.85. The molecule has 0 spiro atoms. The minimum Gasteiger partial charge on any atom is -0.348 e. The summed E-state index contributed by atoms with van der Waals surface area (Å²) in [6.45, 7) is 4.06. The highest BCUT2D eigenvalue weighted by Crippen LogP contribution is 2.29. The van der Waals surface area contributed by atoms with Crippen LogP contribution in [0, 0.1) is 6.92 Å². The molecule has 33 heavy (non-hydrogen) atoms. The van der Waals surface area contributed by atoms with E-state index in [4.69, 9.17) is 0 Å². The largest absolute Gasteiger partial charge is 0.348 e.